The van der Waals surface area contributed by atoms with E-state index in [1.54, 1.807) is 0 Å². The van der Waals surface area contributed by atoms with Crippen LogP contribution in [-0.2, 0) is 10.2 Å². The molecule has 4 heterocycles. The van der Waals surface area contributed by atoms with Gasteiger partial charge in [-0.3, -0.25) is 9.78 Å². The quantitative estimate of drug-likeness (QED) is 0.506. The Morgan fingerprint density at radius 1 is 0.971 bits per heavy atom. The van der Waals surface area contributed by atoms with Crippen molar-refractivity contribution in [2.75, 3.05) is 23.3 Å². The highest BCUT2D eigenvalue weighted by molar-refractivity contribution is 6.03. The molecule has 1 fully saturated rings. The van der Waals surface area contributed by atoms with E-state index < -0.39 is 5.41 Å². The van der Waals surface area contributed by atoms with Gasteiger partial charge in [-0.15, -0.1) is 0 Å². The number of Topliss-reactive ketones (excluding diaryl/α,β-unsaturated/α-hetero) is 1. The first kappa shape index (κ1) is 22.0. The maximum atomic E-state index is 13.7. The molecule has 3 aliphatic rings. The van der Waals surface area contributed by atoms with Gasteiger partial charge in [-0.25, -0.2) is 4.98 Å². The van der Waals surface area contributed by atoms with E-state index in [0.717, 1.165) is 53.3 Å². The summed E-state index contributed by atoms with van der Waals surface area (Å²) in [4.78, 5) is 25.2. The van der Waals surface area contributed by atoms with Crippen LogP contribution in [0.5, 0.6) is 0 Å². The number of anilines is 2. The van der Waals surface area contributed by atoms with Gasteiger partial charge in [0.1, 0.15) is 5.82 Å². The Morgan fingerprint density at radius 3 is 2.63 bits per heavy atom. The Labute approximate surface area is 207 Å². The molecule has 5 heteroatoms. The fraction of sp³-hybridized carbons (Fsp3) is 0.367. The molecular weight excluding hydrogens is 432 g/mol. The number of aromatic nitrogens is 2. The Balaban J connectivity index is 1.53. The van der Waals surface area contributed by atoms with E-state index in [0.29, 0.717) is 6.42 Å². The molecule has 1 N–H and O–H groups in total. The largest absolute Gasteiger partial charge is 0.370 e. The summed E-state index contributed by atoms with van der Waals surface area (Å²) in [6.07, 6.45) is 9.53. The van der Waals surface area contributed by atoms with Crippen LogP contribution in [0.25, 0.3) is 11.1 Å². The van der Waals surface area contributed by atoms with Crippen molar-refractivity contribution in [2.24, 2.45) is 5.41 Å². The fourth-order valence-corrected chi connectivity index (χ4v) is 6.33. The monoisotopic (exact) mass is 464 g/mol. The number of carbonyl (C=O) groups is 1. The molecule has 1 atom stereocenters. The summed E-state index contributed by atoms with van der Waals surface area (Å²) in [5.74, 6) is 1.08. The first-order valence-electron chi connectivity index (χ1n) is 12.7. The lowest BCUT2D eigenvalue weighted by Gasteiger charge is -2.44. The molecule has 5 nitrogen and oxygen atoms in total. The van der Waals surface area contributed by atoms with Crippen LogP contribution in [0.2, 0.25) is 0 Å². The first-order valence-corrected chi connectivity index (χ1v) is 12.7. The summed E-state index contributed by atoms with van der Waals surface area (Å²) in [7, 11) is 0. The Morgan fingerprint density at radius 2 is 1.80 bits per heavy atom. The molecule has 35 heavy (non-hydrogen) atoms. The Hall–Kier alpha value is -3.47. The summed E-state index contributed by atoms with van der Waals surface area (Å²) in [5.41, 5.74) is 6.98. The van der Waals surface area contributed by atoms with Crippen molar-refractivity contribution in [1.82, 2.24) is 9.97 Å². The van der Waals surface area contributed by atoms with Crippen LogP contribution < -0.4 is 10.2 Å². The zero-order valence-corrected chi connectivity index (χ0v) is 20.8. The number of benzene rings is 1. The molecule has 0 spiro atoms. The summed E-state index contributed by atoms with van der Waals surface area (Å²) < 4.78 is 0. The Kier molecular flexibility index (Phi) is 5.06. The number of nitrogens with one attached hydrogen (secondary N) is 1. The van der Waals surface area contributed by atoms with Crippen LogP contribution in [0, 0.1) is 5.41 Å². The van der Waals surface area contributed by atoms with Gasteiger partial charge in [0.25, 0.3) is 0 Å². The number of nitrogens with zero attached hydrogens (tertiary/aromatic N) is 3. The number of ketones is 1. The van der Waals surface area contributed by atoms with Crippen molar-refractivity contribution in [3.63, 3.8) is 0 Å². The molecule has 1 saturated heterocycles. The van der Waals surface area contributed by atoms with Crippen LogP contribution in [0.4, 0.5) is 11.5 Å². The van der Waals surface area contributed by atoms with Crippen molar-refractivity contribution in [1.29, 1.82) is 0 Å². The van der Waals surface area contributed by atoms with Gasteiger partial charge in [0.15, 0.2) is 5.78 Å². The number of hydrogen-bond donors (Lipinski definition) is 1. The maximum absolute atomic E-state index is 13.7. The van der Waals surface area contributed by atoms with Crippen LogP contribution in [0.15, 0.2) is 72.3 Å². The summed E-state index contributed by atoms with van der Waals surface area (Å²) in [6, 6.07) is 14.9. The van der Waals surface area contributed by atoms with Crippen molar-refractivity contribution >= 4 is 17.3 Å². The second-order valence-electron chi connectivity index (χ2n) is 11.1. The molecule has 6 rings (SSSR count). The average Bonchev–Trinajstić information content (AvgIpc) is 3.38. The van der Waals surface area contributed by atoms with Gasteiger partial charge in [-0.2, -0.15) is 0 Å². The van der Waals surface area contributed by atoms with Gasteiger partial charge >= 0.3 is 0 Å². The van der Waals surface area contributed by atoms with Gasteiger partial charge in [-0.05, 0) is 60.9 Å². The van der Waals surface area contributed by atoms with Crippen molar-refractivity contribution in [3.05, 3.63) is 83.5 Å². The van der Waals surface area contributed by atoms with E-state index in [4.69, 9.17) is 0 Å². The number of hydrogen-bond acceptors (Lipinski definition) is 5. The molecule has 2 aromatic heterocycles. The Bertz CT molecular complexity index is 1350. The van der Waals surface area contributed by atoms with Crippen molar-refractivity contribution in [2.45, 2.75) is 51.9 Å². The van der Waals surface area contributed by atoms with Crippen molar-refractivity contribution in [3.8, 4) is 11.1 Å². The average molecular weight is 465 g/mol. The highest BCUT2D eigenvalue weighted by Crippen LogP contribution is 2.52. The predicted molar refractivity (Wildman–Crippen MR) is 140 cm³/mol. The van der Waals surface area contributed by atoms with Gasteiger partial charge in [0.05, 0.1) is 17.3 Å². The molecule has 2 aliphatic heterocycles. The molecule has 3 aromatic rings. The molecule has 1 aromatic carbocycles. The highest BCUT2D eigenvalue weighted by atomic mass is 16.1. The lowest BCUT2D eigenvalue weighted by atomic mass is 9.61. The number of pyridine rings is 2. The highest BCUT2D eigenvalue weighted by Gasteiger charge is 2.47. The van der Waals surface area contributed by atoms with E-state index in [9.17, 15) is 4.79 Å². The third-order valence-corrected chi connectivity index (χ3v) is 7.99. The molecule has 0 saturated carbocycles. The van der Waals surface area contributed by atoms with E-state index >= 15 is 0 Å². The second kappa shape index (κ2) is 8.04. The molecule has 0 unspecified atom stereocenters. The molecule has 0 radical (unpaired) electrons. The number of allylic oxidation sites excluding steroid dienone is 2. The minimum absolute atomic E-state index is 0.0698. The van der Waals surface area contributed by atoms with E-state index in [-0.39, 0.29) is 11.2 Å². The number of fused-ring (bicyclic) bond motifs is 1. The van der Waals surface area contributed by atoms with Crippen LogP contribution >= 0.6 is 0 Å². The molecular formula is C30H32N4O. The summed E-state index contributed by atoms with van der Waals surface area (Å²) >= 11 is 0. The smallest absolute Gasteiger partial charge is 0.162 e. The van der Waals surface area contributed by atoms with Gasteiger partial charge in [0.2, 0.25) is 0 Å². The third kappa shape index (κ3) is 3.56. The SMILES string of the molecule is CC1(C)CC(=O)C2=C(C1)Nc1ncccc1[C@]2(C)c1cccc(-c2ccncc2N2CCCC2)c1. The zero-order valence-electron chi connectivity index (χ0n) is 20.8. The summed E-state index contributed by atoms with van der Waals surface area (Å²) in [6.45, 7) is 8.69. The number of carbonyl (C=O) groups excluding carboxylic acids is 1. The van der Waals surface area contributed by atoms with Crippen LogP contribution in [0.1, 0.15) is 57.6 Å². The zero-order chi connectivity index (χ0) is 24.2. The van der Waals surface area contributed by atoms with E-state index in [2.05, 4.69) is 77.4 Å². The molecule has 0 amide bonds. The first-order chi connectivity index (χ1) is 16.9. The summed E-state index contributed by atoms with van der Waals surface area (Å²) in [5, 5.41) is 3.54. The van der Waals surface area contributed by atoms with Gasteiger partial charge in [0, 0.05) is 54.3 Å². The van der Waals surface area contributed by atoms with E-state index in [1.165, 1.54) is 24.1 Å². The van der Waals surface area contributed by atoms with E-state index in [1.807, 2.05) is 24.7 Å². The fourth-order valence-electron chi connectivity index (χ4n) is 6.33. The lowest BCUT2D eigenvalue weighted by molar-refractivity contribution is -0.118. The maximum Gasteiger partial charge on any atom is 0.162 e. The normalized spacial score (nSPS) is 23.1. The molecule has 178 valence electrons. The third-order valence-electron chi connectivity index (χ3n) is 7.99. The molecule has 1 aliphatic carbocycles. The minimum atomic E-state index is -0.575. The second-order valence-corrected chi connectivity index (χ2v) is 11.1. The topological polar surface area (TPSA) is 58.1 Å². The van der Waals surface area contributed by atoms with Crippen LogP contribution in [0.3, 0.4) is 0 Å². The lowest BCUT2D eigenvalue weighted by Crippen LogP contribution is -2.42. The van der Waals surface area contributed by atoms with Gasteiger partial charge < -0.3 is 10.2 Å². The van der Waals surface area contributed by atoms with Gasteiger partial charge in [-0.1, -0.05) is 38.1 Å². The number of rotatable bonds is 3. The predicted octanol–water partition coefficient (Wildman–Crippen LogP) is 6.12. The minimum Gasteiger partial charge on any atom is -0.370 e. The standard InChI is InChI=1S/C30H32N4O/c1-29(2)17-24-27(26(35)18-29)30(3,23-10-7-12-32-28(23)33-24)21-9-6-8-20(16-21)22-11-13-31-19-25(22)34-14-4-5-15-34/h6-13,16,19H,4-5,14-15,17-18H2,1-3H3,(H,32,33)/t30-/m0/s1. The van der Waals surface area contributed by atoms with Crippen LogP contribution in [-0.4, -0.2) is 28.8 Å². The van der Waals surface area contributed by atoms with Crippen molar-refractivity contribution < 1.29 is 4.79 Å². The molecule has 0 bridgehead atoms.